The summed E-state index contributed by atoms with van der Waals surface area (Å²) in [6, 6.07) is 7.78. The predicted molar refractivity (Wildman–Crippen MR) is 130 cm³/mol. The summed E-state index contributed by atoms with van der Waals surface area (Å²) in [4.78, 5) is 14.7. The Morgan fingerprint density at radius 1 is 1.00 bits per heavy atom. The van der Waals surface area contributed by atoms with E-state index in [1.54, 1.807) is 18.9 Å². The zero-order chi connectivity index (χ0) is 25.0. The molecule has 1 aliphatic heterocycles. The van der Waals surface area contributed by atoms with Crippen LogP contribution in [0.2, 0.25) is 0 Å². The van der Waals surface area contributed by atoms with Crippen molar-refractivity contribution in [1.29, 1.82) is 0 Å². The van der Waals surface area contributed by atoms with Crippen molar-refractivity contribution < 1.29 is 27.4 Å². The number of amides is 1. The lowest BCUT2D eigenvalue weighted by molar-refractivity contribution is 0.0300. The number of benzene rings is 2. The standard InChI is InChI=1S/C25H34N2O6S/c1-16(2)20-15-21(17(3)13-24(20)32-6)18(4)26-34(29,30)19-7-8-23(31-5)22(14-19)25(28)27-9-11-33-12-10-27/h7-8,13-16,18,26H,9-12H2,1-6H3/t18-/m1/s1. The van der Waals surface area contributed by atoms with Crippen LogP contribution < -0.4 is 14.2 Å². The molecule has 1 N–H and O–H groups in total. The van der Waals surface area contributed by atoms with E-state index in [1.165, 1.54) is 25.3 Å². The van der Waals surface area contributed by atoms with Crippen LogP contribution in [0.5, 0.6) is 11.5 Å². The number of ether oxygens (including phenoxy) is 3. The maximum Gasteiger partial charge on any atom is 0.257 e. The predicted octanol–water partition coefficient (Wildman–Crippen LogP) is 3.65. The number of nitrogens with zero attached hydrogens (tertiary/aromatic N) is 1. The highest BCUT2D eigenvalue weighted by molar-refractivity contribution is 7.89. The van der Waals surface area contributed by atoms with Gasteiger partial charge in [0.05, 0.1) is 37.9 Å². The molecular formula is C25H34N2O6S. The van der Waals surface area contributed by atoms with Gasteiger partial charge in [-0.05, 0) is 66.8 Å². The molecule has 2 aromatic rings. The molecule has 1 aliphatic rings. The normalized spacial score (nSPS) is 15.3. The molecule has 0 bridgehead atoms. The van der Waals surface area contributed by atoms with Gasteiger partial charge in [0.1, 0.15) is 11.5 Å². The summed E-state index contributed by atoms with van der Waals surface area (Å²) in [5, 5.41) is 0. The van der Waals surface area contributed by atoms with Crippen LogP contribution in [0.3, 0.4) is 0 Å². The first-order valence-electron chi connectivity index (χ1n) is 11.3. The summed E-state index contributed by atoms with van der Waals surface area (Å²) < 4.78 is 45.5. The van der Waals surface area contributed by atoms with Gasteiger partial charge in [-0.1, -0.05) is 13.8 Å². The van der Waals surface area contributed by atoms with E-state index >= 15 is 0 Å². The van der Waals surface area contributed by atoms with Gasteiger partial charge in [-0.15, -0.1) is 0 Å². The van der Waals surface area contributed by atoms with Gasteiger partial charge >= 0.3 is 0 Å². The molecule has 0 radical (unpaired) electrons. The minimum atomic E-state index is -3.92. The Kier molecular flexibility index (Phi) is 8.22. The lowest BCUT2D eigenvalue weighted by atomic mass is 9.94. The first-order chi connectivity index (χ1) is 16.1. The minimum absolute atomic E-state index is 0.00649. The first-order valence-corrected chi connectivity index (χ1v) is 12.8. The van der Waals surface area contributed by atoms with Crippen LogP contribution in [-0.4, -0.2) is 59.7 Å². The lowest BCUT2D eigenvalue weighted by Gasteiger charge is -2.27. The number of sulfonamides is 1. The highest BCUT2D eigenvalue weighted by Gasteiger charge is 2.26. The molecule has 1 amide bonds. The number of methoxy groups -OCH3 is 2. The summed E-state index contributed by atoms with van der Waals surface area (Å²) in [6.45, 7) is 9.66. The molecule has 34 heavy (non-hydrogen) atoms. The third kappa shape index (κ3) is 5.54. The number of aryl methyl sites for hydroxylation is 1. The molecular weight excluding hydrogens is 456 g/mol. The zero-order valence-electron chi connectivity index (χ0n) is 20.7. The Hall–Kier alpha value is -2.62. The lowest BCUT2D eigenvalue weighted by Crippen LogP contribution is -2.40. The van der Waals surface area contributed by atoms with Crippen LogP contribution in [-0.2, 0) is 14.8 Å². The summed E-state index contributed by atoms with van der Waals surface area (Å²) in [6.07, 6.45) is 0. The molecule has 186 valence electrons. The van der Waals surface area contributed by atoms with Crippen LogP contribution in [0, 0.1) is 6.92 Å². The van der Waals surface area contributed by atoms with Crippen molar-refractivity contribution in [2.24, 2.45) is 0 Å². The molecule has 1 saturated heterocycles. The topological polar surface area (TPSA) is 94.2 Å². The van der Waals surface area contributed by atoms with Gasteiger partial charge < -0.3 is 19.1 Å². The van der Waals surface area contributed by atoms with E-state index in [-0.39, 0.29) is 22.3 Å². The average Bonchev–Trinajstić information content (AvgIpc) is 2.82. The molecule has 8 nitrogen and oxygen atoms in total. The van der Waals surface area contributed by atoms with Crippen LogP contribution in [0.1, 0.15) is 59.8 Å². The SMILES string of the molecule is COc1ccc(S(=O)(=O)N[C@H](C)c2cc(C(C)C)c(OC)cc2C)cc1C(=O)N1CCOCC1. The Balaban J connectivity index is 1.92. The van der Waals surface area contributed by atoms with Crippen LogP contribution >= 0.6 is 0 Å². The summed E-state index contributed by atoms with van der Waals surface area (Å²) in [5.41, 5.74) is 3.01. The molecule has 0 spiro atoms. The van der Waals surface area contributed by atoms with Gasteiger partial charge in [0.15, 0.2) is 0 Å². The van der Waals surface area contributed by atoms with E-state index in [0.717, 1.165) is 22.4 Å². The van der Waals surface area contributed by atoms with Gasteiger partial charge in [-0.3, -0.25) is 4.79 Å². The van der Waals surface area contributed by atoms with Gasteiger partial charge in [0, 0.05) is 19.1 Å². The summed E-state index contributed by atoms with van der Waals surface area (Å²) >= 11 is 0. The minimum Gasteiger partial charge on any atom is -0.496 e. The van der Waals surface area contributed by atoms with Gasteiger partial charge in [-0.2, -0.15) is 0 Å². The molecule has 2 aromatic carbocycles. The third-order valence-corrected chi connectivity index (χ3v) is 7.59. The molecule has 0 aromatic heterocycles. The fourth-order valence-electron chi connectivity index (χ4n) is 4.13. The highest BCUT2D eigenvalue weighted by atomic mass is 32.2. The van der Waals surface area contributed by atoms with Crippen molar-refractivity contribution in [1.82, 2.24) is 9.62 Å². The summed E-state index contributed by atoms with van der Waals surface area (Å²) in [7, 11) is -0.829. The average molecular weight is 491 g/mol. The number of hydrogen-bond acceptors (Lipinski definition) is 6. The van der Waals surface area contributed by atoms with E-state index in [1.807, 2.05) is 19.1 Å². The fourth-order valence-corrected chi connectivity index (χ4v) is 5.38. The maximum absolute atomic E-state index is 13.3. The van der Waals surface area contributed by atoms with Crippen molar-refractivity contribution in [3.8, 4) is 11.5 Å². The Bertz CT molecular complexity index is 1140. The van der Waals surface area contributed by atoms with E-state index in [2.05, 4.69) is 18.6 Å². The highest BCUT2D eigenvalue weighted by Crippen LogP contribution is 2.33. The Labute approximate surface area is 202 Å². The van der Waals surface area contributed by atoms with Crippen LogP contribution in [0.15, 0.2) is 35.2 Å². The van der Waals surface area contributed by atoms with E-state index in [9.17, 15) is 13.2 Å². The van der Waals surface area contributed by atoms with Gasteiger partial charge in [0.2, 0.25) is 10.0 Å². The molecule has 0 saturated carbocycles. The van der Waals surface area contributed by atoms with Crippen molar-refractivity contribution >= 4 is 15.9 Å². The van der Waals surface area contributed by atoms with Gasteiger partial charge in [0.25, 0.3) is 5.91 Å². The molecule has 1 atom stereocenters. The molecule has 9 heteroatoms. The summed E-state index contributed by atoms with van der Waals surface area (Å²) in [5.74, 6) is 1.05. The number of morpholine rings is 1. The van der Waals surface area contributed by atoms with Crippen LogP contribution in [0.4, 0.5) is 0 Å². The number of hydrogen-bond donors (Lipinski definition) is 1. The van der Waals surface area contributed by atoms with E-state index < -0.39 is 16.1 Å². The molecule has 0 aliphatic carbocycles. The van der Waals surface area contributed by atoms with E-state index in [0.29, 0.717) is 32.1 Å². The maximum atomic E-state index is 13.3. The zero-order valence-corrected chi connectivity index (χ0v) is 21.5. The Morgan fingerprint density at radius 2 is 1.65 bits per heavy atom. The van der Waals surface area contributed by atoms with Crippen molar-refractivity contribution in [2.75, 3.05) is 40.5 Å². The monoisotopic (exact) mass is 490 g/mol. The molecule has 3 rings (SSSR count). The number of nitrogens with one attached hydrogen (secondary N) is 1. The van der Waals surface area contributed by atoms with E-state index in [4.69, 9.17) is 14.2 Å². The third-order valence-electron chi connectivity index (χ3n) is 6.05. The fraction of sp³-hybridized carbons (Fsp3) is 0.480. The number of carbonyl (C=O) groups is 1. The van der Waals surface area contributed by atoms with Crippen LogP contribution in [0.25, 0.3) is 0 Å². The molecule has 0 unspecified atom stereocenters. The quantitative estimate of drug-likeness (QED) is 0.607. The van der Waals surface area contributed by atoms with Crippen molar-refractivity contribution in [3.63, 3.8) is 0 Å². The van der Waals surface area contributed by atoms with Crippen molar-refractivity contribution in [3.05, 3.63) is 52.6 Å². The second-order valence-corrected chi connectivity index (χ2v) is 10.4. The smallest absolute Gasteiger partial charge is 0.257 e. The molecule has 1 fully saturated rings. The second-order valence-electron chi connectivity index (χ2n) is 8.72. The largest absolute Gasteiger partial charge is 0.496 e. The Morgan fingerprint density at radius 3 is 2.24 bits per heavy atom. The molecule has 1 heterocycles. The number of rotatable bonds is 8. The first kappa shape index (κ1) is 26.0. The van der Waals surface area contributed by atoms with Gasteiger partial charge in [-0.25, -0.2) is 13.1 Å². The number of carbonyl (C=O) groups excluding carboxylic acids is 1. The second kappa shape index (κ2) is 10.8. The van der Waals surface area contributed by atoms with Crippen molar-refractivity contribution in [2.45, 2.75) is 44.6 Å².